The highest BCUT2D eigenvalue weighted by atomic mass is 19.4. The zero-order valence-corrected chi connectivity index (χ0v) is 16.0. The van der Waals surface area contributed by atoms with Crippen LogP contribution in [-0.4, -0.2) is 24.2 Å². The van der Waals surface area contributed by atoms with E-state index in [9.17, 15) is 22.8 Å². The standard InChI is InChI=1S/C21H18F3N3O3/c1-30-20(29)17-18(25)14-6-5-12(21(22,23)24)9-16(14)27(19(17)28)15-4-2-3-11-10-26-8-7-13(11)15/h2-6,9,26H,7-8,10,25H2,1H3. The van der Waals surface area contributed by atoms with Crippen LogP contribution < -0.4 is 16.6 Å². The number of benzene rings is 2. The highest BCUT2D eigenvalue weighted by Gasteiger charge is 2.32. The van der Waals surface area contributed by atoms with E-state index in [2.05, 4.69) is 5.32 Å². The van der Waals surface area contributed by atoms with Crippen LogP contribution in [0.1, 0.15) is 27.0 Å². The number of halogens is 3. The number of nitrogens with two attached hydrogens (primary N) is 1. The van der Waals surface area contributed by atoms with Gasteiger partial charge in [-0.05, 0) is 42.3 Å². The average molecular weight is 417 g/mol. The molecule has 2 heterocycles. The van der Waals surface area contributed by atoms with E-state index in [1.807, 2.05) is 6.07 Å². The Hall–Kier alpha value is -3.33. The summed E-state index contributed by atoms with van der Waals surface area (Å²) >= 11 is 0. The van der Waals surface area contributed by atoms with Crippen molar-refractivity contribution in [2.75, 3.05) is 19.4 Å². The summed E-state index contributed by atoms with van der Waals surface area (Å²) in [5.41, 5.74) is 5.85. The topological polar surface area (TPSA) is 86.3 Å². The number of fused-ring (bicyclic) bond motifs is 2. The van der Waals surface area contributed by atoms with Crippen LogP contribution in [0.5, 0.6) is 0 Å². The molecule has 0 saturated carbocycles. The number of carbonyl (C=O) groups excluding carboxylic acids is 1. The largest absolute Gasteiger partial charge is 0.465 e. The zero-order chi connectivity index (χ0) is 21.6. The number of ether oxygens (including phenoxy) is 1. The number of pyridine rings is 1. The molecule has 0 atom stereocenters. The van der Waals surface area contributed by atoms with E-state index in [4.69, 9.17) is 10.5 Å². The Bertz CT molecular complexity index is 1230. The number of alkyl halides is 3. The predicted octanol–water partition coefficient (Wildman–Crippen LogP) is 3.02. The van der Waals surface area contributed by atoms with Crippen LogP contribution in [0, 0.1) is 0 Å². The van der Waals surface area contributed by atoms with E-state index in [1.165, 1.54) is 6.07 Å². The minimum Gasteiger partial charge on any atom is -0.465 e. The summed E-state index contributed by atoms with van der Waals surface area (Å²) in [6.45, 7) is 1.23. The second-order valence-corrected chi connectivity index (χ2v) is 6.99. The Balaban J connectivity index is 2.17. The van der Waals surface area contributed by atoms with Crippen LogP contribution in [0.15, 0.2) is 41.2 Å². The number of anilines is 1. The van der Waals surface area contributed by atoms with E-state index in [1.54, 1.807) is 12.1 Å². The molecule has 3 N–H and O–H groups in total. The van der Waals surface area contributed by atoms with Gasteiger partial charge in [0, 0.05) is 11.9 Å². The number of methoxy groups -OCH3 is 1. The summed E-state index contributed by atoms with van der Waals surface area (Å²) in [7, 11) is 1.11. The van der Waals surface area contributed by atoms with Crippen molar-refractivity contribution in [1.29, 1.82) is 0 Å². The van der Waals surface area contributed by atoms with Gasteiger partial charge < -0.3 is 15.8 Å². The Morgan fingerprint density at radius 3 is 2.70 bits per heavy atom. The van der Waals surface area contributed by atoms with Gasteiger partial charge in [0.15, 0.2) is 0 Å². The summed E-state index contributed by atoms with van der Waals surface area (Å²) in [5, 5.41) is 3.38. The molecule has 0 aliphatic carbocycles. The van der Waals surface area contributed by atoms with Crippen LogP contribution in [0.4, 0.5) is 18.9 Å². The van der Waals surface area contributed by atoms with Crippen LogP contribution in [0.25, 0.3) is 16.6 Å². The third-order valence-corrected chi connectivity index (χ3v) is 5.29. The zero-order valence-electron chi connectivity index (χ0n) is 16.0. The van der Waals surface area contributed by atoms with Gasteiger partial charge in [0.05, 0.1) is 29.6 Å². The molecule has 0 spiro atoms. The predicted molar refractivity (Wildman–Crippen MR) is 106 cm³/mol. The van der Waals surface area contributed by atoms with E-state index < -0.39 is 28.8 Å². The molecule has 9 heteroatoms. The summed E-state index contributed by atoms with van der Waals surface area (Å²) in [4.78, 5) is 25.6. The maximum Gasteiger partial charge on any atom is 0.416 e. The summed E-state index contributed by atoms with van der Waals surface area (Å²) < 4.78 is 46.0. The van der Waals surface area contributed by atoms with Crippen LogP contribution in [0.2, 0.25) is 0 Å². The van der Waals surface area contributed by atoms with Crippen molar-refractivity contribution in [2.45, 2.75) is 19.1 Å². The number of nitrogens with zero attached hydrogens (tertiary/aromatic N) is 1. The van der Waals surface area contributed by atoms with E-state index >= 15 is 0 Å². The van der Waals surface area contributed by atoms with Crippen molar-refractivity contribution >= 4 is 22.6 Å². The Morgan fingerprint density at radius 1 is 1.23 bits per heavy atom. The minimum absolute atomic E-state index is 0.0214. The first-order valence-corrected chi connectivity index (χ1v) is 9.19. The van der Waals surface area contributed by atoms with Gasteiger partial charge in [-0.15, -0.1) is 0 Å². The first-order valence-electron chi connectivity index (χ1n) is 9.19. The lowest BCUT2D eigenvalue weighted by molar-refractivity contribution is -0.137. The number of aromatic nitrogens is 1. The van der Waals surface area contributed by atoms with Gasteiger partial charge in [0.1, 0.15) is 5.56 Å². The third-order valence-electron chi connectivity index (χ3n) is 5.29. The van der Waals surface area contributed by atoms with Crippen LogP contribution in [-0.2, 0) is 23.9 Å². The molecule has 3 aromatic rings. The van der Waals surface area contributed by atoms with Crippen molar-refractivity contribution in [3.05, 3.63) is 69.0 Å². The number of carbonyl (C=O) groups is 1. The van der Waals surface area contributed by atoms with Crippen molar-refractivity contribution in [1.82, 2.24) is 9.88 Å². The summed E-state index contributed by atoms with van der Waals surface area (Å²) in [6, 6.07) is 8.20. The Kier molecular flexibility index (Phi) is 4.77. The lowest BCUT2D eigenvalue weighted by atomic mass is 9.98. The molecule has 0 fully saturated rings. The number of esters is 1. The fraction of sp³-hybridized carbons (Fsp3) is 0.238. The van der Waals surface area contributed by atoms with Gasteiger partial charge in [-0.2, -0.15) is 13.2 Å². The van der Waals surface area contributed by atoms with E-state index in [-0.39, 0.29) is 16.6 Å². The molecular formula is C21H18F3N3O3. The van der Waals surface area contributed by atoms with Crippen molar-refractivity contribution in [2.24, 2.45) is 0 Å². The molecule has 0 unspecified atom stereocenters. The summed E-state index contributed by atoms with van der Waals surface area (Å²) in [5.74, 6) is -0.945. The van der Waals surface area contributed by atoms with Crippen molar-refractivity contribution in [3.8, 4) is 5.69 Å². The Morgan fingerprint density at radius 2 is 2.00 bits per heavy atom. The molecule has 1 aliphatic heterocycles. The van der Waals surface area contributed by atoms with Gasteiger partial charge >= 0.3 is 12.1 Å². The second-order valence-electron chi connectivity index (χ2n) is 6.99. The van der Waals surface area contributed by atoms with E-state index in [0.717, 1.165) is 34.9 Å². The number of nitrogens with one attached hydrogen (secondary N) is 1. The highest BCUT2D eigenvalue weighted by molar-refractivity contribution is 6.04. The van der Waals surface area contributed by atoms with Crippen LogP contribution >= 0.6 is 0 Å². The molecule has 6 nitrogen and oxygen atoms in total. The van der Waals surface area contributed by atoms with Crippen LogP contribution in [0.3, 0.4) is 0 Å². The van der Waals surface area contributed by atoms with Gasteiger partial charge in [-0.3, -0.25) is 9.36 Å². The maximum absolute atomic E-state index is 13.4. The quantitative estimate of drug-likeness (QED) is 0.626. The minimum atomic E-state index is -4.61. The second kappa shape index (κ2) is 7.17. The molecule has 0 radical (unpaired) electrons. The molecule has 2 aromatic carbocycles. The lowest BCUT2D eigenvalue weighted by Crippen LogP contribution is -2.31. The number of hydrogen-bond donors (Lipinski definition) is 2. The maximum atomic E-state index is 13.4. The molecular weight excluding hydrogens is 399 g/mol. The van der Waals surface area contributed by atoms with Gasteiger partial charge in [-0.25, -0.2) is 4.79 Å². The smallest absolute Gasteiger partial charge is 0.416 e. The lowest BCUT2D eigenvalue weighted by Gasteiger charge is -2.23. The van der Waals surface area contributed by atoms with Gasteiger partial charge in [0.25, 0.3) is 5.56 Å². The first kappa shape index (κ1) is 20.0. The molecule has 1 aliphatic rings. The molecule has 0 amide bonds. The molecule has 0 saturated heterocycles. The van der Waals surface area contributed by atoms with Gasteiger partial charge in [-0.1, -0.05) is 18.2 Å². The monoisotopic (exact) mass is 417 g/mol. The molecule has 4 rings (SSSR count). The first-order chi connectivity index (χ1) is 14.2. The fourth-order valence-electron chi connectivity index (χ4n) is 3.85. The van der Waals surface area contributed by atoms with Crippen molar-refractivity contribution < 1.29 is 22.7 Å². The van der Waals surface area contributed by atoms with E-state index in [0.29, 0.717) is 25.2 Å². The average Bonchev–Trinajstić information content (AvgIpc) is 2.72. The highest BCUT2D eigenvalue weighted by Crippen LogP contribution is 2.34. The third kappa shape index (κ3) is 3.11. The molecule has 1 aromatic heterocycles. The molecule has 156 valence electrons. The van der Waals surface area contributed by atoms with Crippen molar-refractivity contribution in [3.63, 3.8) is 0 Å². The van der Waals surface area contributed by atoms with Gasteiger partial charge in [0.2, 0.25) is 0 Å². The number of nitrogen functional groups attached to an aromatic ring is 1. The number of rotatable bonds is 2. The molecule has 0 bridgehead atoms. The molecule has 30 heavy (non-hydrogen) atoms. The number of hydrogen-bond acceptors (Lipinski definition) is 5. The fourth-order valence-corrected chi connectivity index (χ4v) is 3.85. The SMILES string of the molecule is COC(=O)c1c(N)c2ccc(C(F)(F)F)cc2n(-c2cccc3c2CCNC3)c1=O. The Labute approximate surface area is 169 Å². The normalized spacial score (nSPS) is 13.9. The summed E-state index contributed by atoms with van der Waals surface area (Å²) in [6.07, 6.45) is -4.03.